The van der Waals surface area contributed by atoms with Gasteiger partial charge in [-0.05, 0) is 45.5 Å². The number of carbonyl (C=O) groups excluding carboxylic acids is 3. The zero-order chi connectivity index (χ0) is 28.5. The zero-order valence-corrected chi connectivity index (χ0v) is 24.3. The maximum Gasteiger partial charge on any atom is 0.280 e. The first kappa shape index (κ1) is 32.9. The molecule has 2 aromatic rings. The number of benzene rings is 1. The van der Waals surface area contributed by atoms with Gasteiger partial charge >= 0.3 is 0 Å². The van der Waals surface area contributed by atoms with Gasteiger partial charge in [0.1, 0.15) is 0 Å². The first-order valence-corrected chi connectivity index (χ1v) is 13.1. The number of nitrogens with two attached hydrogens (primary N) is 3. The van der Waals surface area contributed by atoms with E-state index in [1.54, 1.807) is 6.07 Å². The number of nitrogen functional groups attached to an aromatic ring is 2. The fraction of sp³-hybridized carbons (Fsp3) is 0.462. The number of guanidine groups is 1. The molecule has 1 saturated heterocycles. The highest BCUT2D eigenvalue weighted by atomic mass is 35.5. The summed E-state index contributed by atoms with van der Waals surface area (Å²) >= 11 is 5.83. The van der Waals surface area contributed by atoms with Crippen LogP contribution in [-0.2, 0) is 11.2 Å². The lowest BCUT2D eigenvalue weighted by atomic mass is 9.96. The van der Waals surface area contributed by atoms with Crippen molar-refractivity contribution in [3.05, 3.63) is 46.2 Å². The van der Waals surface area contributed by atoms with Gasteiger partial charge < -0.3 is 22.1 Å². The number of nitrogens with zero attached hydrogens (tertiary/aromatic N) is 5. The maximum absolute atomic E-state index is 12.9. The van der Waals surface area contributed by atoms with Crippen LogP contribution in [0.15, 0.2) is 29.3 Å². The molecule has 3 rings (SSSR count). The molecule has 1 fully saturated rings. The molecule has 12 nitrogen and oxygen atoms in total. The SMILES string of the molecule is CN(C)CCCC(=O)c1ccccc1CC(=O)CN1CCC(N=C(N)NC(=O)c2nc(Cl)c(N)nc2N)CC1.Cl. The Morgan fingerprint density at radius 3 is 2.48 bits per heavy atom. The monoisotopic (exact) mass is 593 g/mol. The van der Waals surface area contributed by atoms with Crippen molar-refractivity contribution in [3.8, 4) is 0 Å². The summed E-state index contributed by atoms with van der Waals surface area (Å²) in [6.07, 6.45) is 2.78. The summed E-state index contributed by atoms with van der Waals surface area (Å²) < 4.78 is 0. The number of halogens is 2. The number of ketones is 2. The van der Waals surface area contributed by atoms with Gasteiger partial charge in [0.05, 0.1) is 12.6 Å². The highest BCUT2D eigenvalue weighted by molar-refractivity contribution is 6.31. The van der Waals surface area contributed by atoms with Crippen LogP contribution in [0.4, 0.5) is 11.6 Å². The third-order valence-electron chi connectivity index (χ3n) is 6.35. The van der Waals surface area contributed by atoms with Crippen LogP contribution >= 0.6 is 24.0 Å². The minimum atomic E-state index is -0.692. The van der Waals surface area contributed by atoms with Crippen LogP contribution in [0.1, 0.15) is 52.1 Å². The largest absolute Gasteiger partial charge is 0.382 e. The normalized spacial score (nSPS) is 14.6. The molecule has 218 valence electrons. The Kier molecular flexibility index (Phi) is 12.7. The molecule has 2 heterocycles. The van der Waals surface area contributed by atoms with Gasteiger partial charge in [-0.2, -0.15) is 0 Å². The van der Waals surface area contributed by atoms with E-state index >= 15 is 0 Å². The van der Waals surface area contributed by atoms with Gasteiger partial charge in [-0.1, -0.05) is 35.9 Å². The molecule has 7 N–H and O–H groups in total. The highest BCUT2D eigenvalue weighted by Gasteiger charge is 2.23. The second-order valence-electron chi connectivity index (χ2n) is 9.81. The second-order valence-corrected chi connectivity index (χ2v) is 10.2. The predicted molar refractivity (Wildman–Crippen MR) is 159 cm³/mol. The summed E-state index contributed by atoms with van der Waals surface area (Å²) in [6.45, 7) is 2.43. The number of hydrogen-bond donors (Lipinski definition) is 4. The zero-order valence-electron chi connectivity index (χ0n) is 22.7. The number of piperidine rings is 1. The van der Waals surface area contributed by atoms with Gasteiger partial charge in [-0.15, -0.1) is 12.4 Å². The van der Waals surface area contributed by atoms with Gasteiger partial charge in [0, 0.05) is 31.5 Å². The van der Waals surface area contributed by atoms with Gasteiger partial charge in [0.2, 0.25) is 0 Å². The van der Waals surface area contributed by atoms with E-state index in [9.17, 15) is 14.4 Å². The van der Waals surface area contributed by atoms with E-state index in [4.69, 9.17) is 28.8 Å². The number of hydrogen-bond acceptors (Lipinski definition) is 10. The number of likely N-dealkylation sites (tertiary alicyclic amines) is 1. The number of nitrogens with one attached hydrogen (secondary N) is 1. The van der Waals surface area contributed by atoms with Crippen molar-refractivity contribution in [1.29, 1.82) is 0 Å². The van der Waals surface area contributed by atoms with E-state index in [0.717, 1.165) is 18.5 Å². The van der Waals surface area contributed by atoms with Crippen molar-refractivity contribution in [2.45, 2.75) is 38.1 Å². The number of Topliss-reactive ketones (excluding diaryl/α,β-unsaturated/α-hetero) is 2. The standard InChI is InChI=1S/C26H36ClN9O3.ClH/c1-35(2)11-5-8-20(38)19-7-4-3-6-16(19)14-18(37)15-36-12-9-17(10-13-36)31-26(30)34-25(39)21-23(28)33-24(29)22(27)32-21;/h3-4,6-7,17H,5,8-15H2,1-2H3,(H4,28,29,33)(H3,30,31,34,39);1H. The Morgan fingerprint density at radius 1 is 1.12 bits per heavy atom. The van der Waals surface area contributed by atoms with Crippen LogP contribution in [0.5, 0.6) is 0 Å². The second kappa shape index (κ2) is 15.5. The Hall–Kier alpha value is -3.32. The van der Waals surface area contributed by atoms with Crippen LogP contribution < -0.4 is 22.5 Å². The molecule has 0 atom stereocenters. The third-order valence-corrected chi connectivity index (χ3v) is 6.63. The molecule has 0 bridgehead atoms. The average molecular weight is 595 g/mol. The van der Waals surface area contributed by atoms with Crippen molar-refractivity contribution in [1.82, 2.24) is 25.1 Å². The molecular formula is C26H37Cl2N9O3. The molecule has 0 spiro atoms. The van der Waals surface area contributed by atoms with Crippen molar-refractivity contribution in [2.24, 2.45) is 10.7 Å². The molecular weight excluding hydrogens is 557 g/mol. The molecule has 1 aromatic heterocycles. The summed E-state index contributed by atoms with van der Waals surface area (Å²) in [5.74, 6) is -0.892. The molecule has 14 heteroatoms. The number of anilines is 2. The highest BCUT2D eigenvalue weighted by Crippen LogP contribution is 2.18. The number of aliphatic imine (C=N–C) groups is 1. The summed E-state index contributed by atoms with van der Waals surface area (Å²) in [6, 6.07) is 7.23. The minimum Gasteiger partial charge on any atom is -0.382 e. The fourth-order valence-corrected chi connectivity index (χ4v) is 4.50. The molecule has 0 saturated carbocycles. The Morgan fingerprint density at radius 2 is 1.80 bits per heavy atom. The number of amides is 1. The van der Waals surface area contributed by atoms with Crippen molar-refractivity contribution in [3.63, 3.8) is 0 Å². The molecule has 1 aromatic carbocycles. The van der Waals surface area contributed by atoms with Crippen LogP contribution in [-0.4, -0.2) is 89.5 Å². The third kappa shape index (κ3) is 9.70. The molecule has 1 aliphatic rings. The molecule has 1 amide bonds. The molecule has 0 aliphatic carbocycles. The summed E-state index contributed by atoms with van der Waals surface area (Å²) in [5.41, 5.74) is 18.4. The first-order chi connectivity index (χ1) is 18.5. The van der Waals surface area contributed by atoms with Gasteiger partial charge in [0.25, 0.3) is 5.91 Å². The average Bonchev–Trinajstić information content (AvgIpc) is 2.87. The van der Waals surface area contributed by atoms with Crippen LogP contribution in [0.25, 0.3) is 0 Å². The Labute approximate surface area is 245 Å². The Bertz CT molecular complexity index is 1230. The van der Waals surface area contributed by atoms with E-state index in [2.05, 4.69) is 25.2 Å². The van der Waals surface area contributed by atoms with Crippen LogP contribution in [0, 0.1) is 0 Å². The van der Waals surface area contributed by atoms with Gasteiger partial charge in [-0.3, -0.25) is 24.6 Å². The van der Waals surface area contributed by atoms with E-state index in [1.807, 2.05) is 37.2 Å². The molecule has 0 unspecified atom stereocenters. The maximum atomic E-state index is 12.9. The molecule has 40 heavy (non-hydrogen) atoms. The van der Waals surface area contributed by atoms with Gasteiger partial charge in [-0.25, -0.2) is 15.0 Å². The summed E-state index contributed by atoms with van der Waals surface area (Å²) in [4.78, 5) is 54.1. The number of carbonyl (C=O) groups is 3. The van der Waals surface area contributed by atoms with Crippen LogP contribution in [0.3, 0.4) is 0 Å². The minimum absolute atomic E-state index is 0. The first-order valence-electron chi connectivity index (χ1n) is 12.8. The fourth-order valence-electron chi connectivity index (χ4n) is 4.37. The van der Waals surface area contributed by atoms with E-state index in [0.29, 0.717) is 44.5 Å². The quantitative estimate of drug-likeness (QED) is 0.169. The summed E-state index contributed by atoms with van der Waals surface area (Å²) in [7, 11) is 3.95. The predicted octanol–water partition coefficient (Wildman–Crippen LogP) is 1.56. The van der Waals surface area contributed by atoms with Crippen molar-refractivity contribution in [2.75, 3.05) is 51.7 Å². The Balaban J connectivity index is 0.00000560. The lowest BCUT2D eigenvalue weighted by molar-refractivity contribution is -0.119. The number of rotatable bonds is 11. The topological polar surface area (TPSA) is 186 Å². The van der Waals surface area contributed by atoms with Crippen LogP contribution in [0.2, 0.25) is 5.15 Å². The lowest BCUT2D eigenvalue weighted by Crippen LogP contribution is -2.42. The van der Waals surface area contributed by atoms with Crippen molar-refractivity contribution < 1.29 is 14.4 Å². The summed E-state index contributed by atoms with van der Waals surface area (Å²) in [5, 5.41) is 2.31. The number of aromatic nitrogens is 2. The molecule has 0 radical (unpaired) electrons. The van der Waals surface area contributed by atoms with E-state index in [1.165, 1.54) is 0 Å². The van der Waals surface area contributed by atoms with Gasteiger partial charge in [0.15, 0.2) is 40.0 Å². The van der Waals surface area contributed by atoms with E-state index in [-0.39, 0.29) is 64.9 Å². The lowest BCUT2D eigenvalue weighted by Gasteiger charge is -2.29. The smallest absolute Gasteiger partial charge is 0.280 e. The van der Waals surface area contributed by atoms with E-state index < -0.39 is 5.91 Å². The van der Waals surface area contributed by atoms with Crippen molar-refractivity contribution >= 4 is 59.1 Å². The molecule has 1 aliphatic heterocycles.